The molecular weight excluding hydrogens is 254 g/mol. The summed E-state index contributed by atoms with van der Waals surface area (Å²) in [6.45, 7) is 8.79. The number of aryl methyl sites for hydroxylation is 1. The molecule has 2 aromatic heterocycles. The van der Waals surface area contributed by atoms with Crippen molar-refractivity contribution < 1.29 is 9.90 Å². The van der Waals surface area contributed by atoms with Crippen LogP contribution in [0.4, 0.5) is 0 Å². The summed E-state index contributed by atoms with van der Waals surface area (Å²) in [6.07, 6.45) is 1.93. The Balaban J connectivity index is 2.52. The Morgan fingerprint density at radius 1 is 1.40 bits per heavy atom. The van der Waals surface area contributed by atoms with Gasteiger partial charge in [-0.05, 0) is 31.6 Å². The Morgan fingerprint density at radius 3 is 2.70 bits per heavy atom. The fourth-order valence-electron chi connectivity index (χ4n) is 2.41. The number of aliphatic carboxylic acids is 1. The van der Waals surface area contributed by atoms with E-state index >= 15 is 0 Å². The van der Waals surface area contributed by atoms with Crippen molar-refractivity contribution in [2.75, 3.05) is 13.1 Å². The average Bonchev–Trinajstić information content (AvgIpc) is 2.74. The second-order valence-corrected chi connectivity index (χ2v) is 4.92. The molecule has 0 radical (unpaired) electrons. The van der Waals surface area contributed by atoms with E-state index in [-0.39, 0.29) is 6.42 Å². The predicted octanol–water partition coefficient (Wildman–Crippen LogP) is 2.11. The minimum atomic E-state index is -0.841. The third-order valence-corrected chi connectivity index (χ3v) is 3.61. The summed E-state index contributed by atoms with van der Waals surface area (Å²) >= 11 is 0. The molecule has 0 amide bonds. The molecule has 0 unspecified atom stereocenters. The Hall–Kier alpha value is -1.88. The maximum atomic E-state index is 11.0. The molecule has 5 heteroatoms. The van der Waals surface area contributed by atoms with Gasteiger partial charge in [0.2, 0.25) is 0 Å². The van der Waals surface area contributed by atoms with Gasteiger partial charge >= 0.3 is 5.97 Å². The zero-order valence-corrected chi connectivity index (χ0v) is 12.3. The second-order valence-electron chi connectivity index (χ2n) is 4.92. The zero-order valence-electron chi connectivity index (χ0n) is 12.3. The first-order chi connectivity index (χ1) is 9.56. The van der Waals surface area contributed by atoms with Crippen LogP contribution in [0.1, 0.15) is 30.8 Å². The van der Waals surface area contributed by atoms with Gasteiger partial charge in [0.05, 0.1) is 17.8 Å². The summed E-state index contributed by atoms with van der Waals surface area (Å²) in [5, 5.41) is 9.07. The van der Waals surface area contributed by atoms with Gasteiger partial charge in [0.25, 0.3) is 0 Å². The summed E-state index contributed by atoms with van der Waals surface area (Å²) < 4.78 is 2.02. The highest BCUT2D eigenvalue weighted by Gasteiger charge is 2.17. The number of fused-ring (bicyclic) bond motifs is 1. The number of nitrogens with zero attached hydrogens (tertiary/aromatic N) is 3. The van der Waals surface area contributed by atoms with Crippen LogP contribution in [0, 0.1) is 6.92 Å². The van der Waals surface area contributed by atoms with Gasteiger partial charge < -0.3 is 9.51 Å². The van der Waals surface area contributed by atoms with Gasteiger partial charge in [-0.25, -0.2) is 4.98 Å². The molecule has 2 rings (SSSR count). The minimum absolute atomic E-state index is 0.0300. The first-order valence-corrected chi connectivity index (χ1v) is 6.96. The van der Waals surface area contributed by atoms with Gasteiger partial charge in [0, 0.05) is 12.7 Å². The van der Waals surface area contributed by atoms with Gasteiger partial charge in [0.15, 0.2) is 0 Å². The first-order valence-electron chi connectivity index (χ1n) is 6.96. The maximum Gasteiger partial charge on any atom is 0.309 e. The Bertz CT molecular complexity index is 615. The van der Waals surface area contributed by atoms with Crippen molar-refractivity contribution in [2.24, 2.45) is 0 Å². The highest BCUT2D eigenvalue weighted by molar-refractivity contribution is 5.70. The molecule has 0 saturated heterocycles. The molecule has 1 N–H and O–H groups in total. The van der Waals surface area contributed by atoms with Crippen molar-refractivity contribution in [2.45, 2.75) is 33.7 Å². The lowest BCUT2D eigenvalue weighted by Gasteiger charge is -2.18. The van der Waals surface area contributed by atoms with E-state index < -0.39 is 5.97 Å². The highest BCUT2D eigenvalue weighted by atomic mass is 16.4. The molecule has 0 saturated carbocycles. The fourth-order valence-corrected chi connectivity index (χ4v) is 2.41. The van der Waals surface area contributed by atoms with E-state index in [0.29, 0.717) is 5.69 Å². The molecule has 2 heterocycles. The highest BCUT2D eigenvalue weighted by Crippen LogP contribution is 2.18. The molecule has 0 aromatic carbocycles. The number of carboxylic acid groups (broad SMARTS) is 1. The first kappa shape index (κ1) is 14.5. The van der Waals surface area contributed by atoms with E-state index in [1.165, 1.54) is 0 Å². The zero-order chi connectivity index (χ0) is 14.7. The quantitative estimate of drug-likeness (QED) is 0.877. The molecule has 0 fully saturated rings. The molecule has 20 heavy (non-hydrogen) atoms. The number of carbonyl (C=O) groups is 1. The second kappa shape index (κ2) is 6.05. The van der Waals surface area contributed by atoms with Gasteiger partial charge in [-0.1, -0.05) is 19.9 Å². The third kappa shape index (κ3) is 2.82. The lowest BCUT2D eigenvalue weighted by molar-refractivity contribution is -0.136. The molecular formula is C15H21N3O2. The average molecular weight is 275 g/mol. The van der Waals surface area contributed by atoms with E-state index in [1.54, 1.807) is 0 Å². The summed E-state index contributed by atoms with van der Waals surface area (Å²) in [5.74, 6) is -0.841. The van der Waals surface area contributed by atoms with Crippen molar-refractivity contribution in [3.05, 3.63) is 35.3 Å². The van der Waals surface area contributed by atoms with Crippen LogP contribution in [0.15, 0.2) is 18.3 Å². The van der Waals surface area contributed by atoms with Crippen molar-refractivity contribution in [1.82, 2.24) is 14.3 Å². The van der Waals surface area contributed by atoms with Crippen LogP contribution in [0.3, 0.4) is 0 Å². The van der Waals surface area contributed by atoms with E-state index in [9.17, 15) is 4.79 Å². The van der Waals surface area contributed by atoms with Crippen molar-refractivity contribution >= 4 is 11.6 Å². The minimum Gasteiger partial charge on any atom is -0.481 e. The lowest BCUT2D eigenvalue weighted by atomic mass is 10.2. The maximum absolute atomic E-state index is 11.0. The fraction of sp³-hybridized carbons (Fsp3) is 0.467. The van der Waals surface area contributed by atoms with Crippen molar-refractivity contribution in [3.8, 4) is 0 Å². The molecule has 0 aliphatic carbocycles. The van der Waals surface area contributed by atoms with E-state index in [2.05, 4.69) is 23.7 Å². The Labute approximate surface area is 118 Å². The van der Waals surface area contributed by atoms with Gasteiger partial charge in [-0.3, -0.25) is 9.69 Å². The number of carboxylic acids is 1. The number of pyridine rings is 1. The summed E-state index contributed by atoms with van der Waals surface area (Å²) in [4.78, 5) is 17.8. The summed E-state index contributed by atoms with van der Waals surface area (Å²) in [7, 11) is 0. The van der Waals surface area contributed by atoms with E-state index in [0.717, 1.165) is 36.5 Å². The van der Waals surface area contributed by atoms with Crippen LogP contribution >= 0.6 is 0 Å². The van der Waals surface area contributed by atoms with Crippen LogP contribution in [-0.4, -0.2) is 38.4 Å². The Morgan fingerprint density at radius 2 is 2.10 bits per heavy atom. The normalized spacial score (nSPS) is 11.4. The number of hydrogen-bond donors (Lipinski definition) is 1. The number of aromatic nitrogens is 2. The van der Waals surface area contributed by atoms with E-state index in [4.69, 9.17) is 5.11 Å². The van der Waals surface area contributed by atoms with Crippen molar-refractivity contribution in [3.63, 3.8) is 0 Å². The smallest absolute Gasteiger partial charge is 0.309 e. The SMILES string of the molecule is CCN(CC)Cc1c(CC(=O)O)nc2c(C)cccn12. The molecule has 5 nitrogen and oxygen atoms in total. The Kier molecular flexibility index (Phi) is 4.39. The largest absolute Gasteiger partial charge is 0.481 e. The monoisotopic (exact) mass is 275 g/mol. The number of hydrogen-bond acceptors (Lipinski definition) is 3. The number of rotatable bonds is 6. The molecule has 0 bridgehead atoms. The van der Waals surface area contributed by atoms with Crippen LogP contribution in [-0.2, 0) is 17.8 Å². The van der Waals surface area contributed by atoms with Gasteiger partial charge in [0.1, 0.15) is 5.65 Å². The molecule has 0 atom stereocenters. The van der Waals surface area contributed by atoms with Crippen molar-refractivity contribution in [1.29, 1.82) is 0 Å². The number of imidazole rings is 1. The topological polar surface area (TPSA) is 57.8 Å². The molecule has 2 aromatic rings. The van der Waals surface area contributed by atoms with Gasteiger partial charge in [-0.2, -0.15) is 0 Å². The van der Waals surface area contributed by atoms with Crippen LogP contribution in [0.2, 0.25) is 0 Å². The predicted molar refractivity (Wildman–Crippen MR) is 77.9 cm³/mol. The summed E-state index contributed by atoms with van der Waals surface area (Å²) in [6, 6.07) is 3.97. The van der Waals surface area contributed by atoms with Crippen LogP contribution in [0.25, 0.3) is 5.65 Å². The molecule has 108 valence electrons. The van der Waals surface area contributed by atoms with Crippen LogP contribution < -0.4 is 0 Å². The standard InChI is InChI=1S/C15H21N3O2/c1-4-17(5-2)10-13-12(9-14(19)20)16-15-11(3)7-6-8-18(13)15/h6-8H,4-5,9-10H2,1-3H3,(H,19,20). The summed E-state index contributed by atoms with van der Waals surface area (Å²) in [5.41, 5.74) is 3.56. The molecule has 0 spiro atoms. The van der Waals surface area contributed by atoms with Crippen LogP contribution in [0.5, 0.6) is 0 Å². The van der Waals surface area contributed by atoms with E-state index in [1.807, 2.05) is 29.7 Å². The van der Waals surface area contributed by atoms with Gasteiger partial charge in [-0.15, -0.1) is 0 Å². The molecule has 0 aliphatic heterocycles. The lowest BCUT2D eigenvalue weighted by Crippen LogP contribution is -2.24. The molecule has 0 aliphatic rings. The third-order valence-electron chi connectivity index (χ3n) is 3.61.